The van der Waals surface area contributed by atoms with Gasteiger partial charge in [-0.15, -0.1) is 11.6 Å². The van der Waals surface area contributed by atoms with Gasteiger partial charge in [0.25, 0.3) is 0 Å². The molecule has 0 aromatic heterocycles. The summed E-state index contributed by atoms with van der Waals surface area (Å²) in [5.41, 5.74) is 0. The maximum atomic E-state index is 5.89. The molecule has 0 aliphatic rings. The topological polar surface area (TPSA) is 9.23 Å². The molecule has 1 atom stereocenters. The van der Waals surface area contributed by atoms with Gasteiger partial charge in [-0.05, 0) is 30.4 Å². The first kappa shape index (κ1) is 12.4. The molecule has 0 saturated carbocycles. The summed E-state index contributed by atoms with van der Waals surface area (Å²) in [6.07, 6.45) is 1.02. The number of hydrogen-bond donors (Lipinski definition) is 0. The standard InChI is InChI=1S/C13H19ClO/c1-11(2)12(10-14)8-9-15-13-6-4-3-5-7-13/h3-7,11-12H,8-10H2,1-2H3. The molecule has 0 fully saturated rings. The molecule has 0 radical (unpaired) electrons. The lowest BCUT2D eigenvalue weighted by Gasteiger charge is -2.17. The summed E-state index contributed by atoms with van der Waals surface area (Å²) >= 11 is 5.89. The Morgan fingerprint density at radius 2 is 1.87 bits per heavy atom. The van der Waals surface area contributed by atoms with Crippen LogP contribution in [0.5, 0.6) is 5.75 Å². The highest BCUT2D eigenvalue weighted by molar-refractivity contribution is 6.18. The maximum Gasteiger partial charge on any atom is 0.119 e. The van der Waals surface area contributed by atoms with E-state index in [1.54, 1.807) is 0 Å². The molecule has 0 saturated heterocycles. The van der Waals surface area contributed by atoms with Gasteiger partial charge in [-0.1, -0.05) is 32.0 Å². The van der Waals surface area contributed by atoms with E-state index in [1.807, 2.05) is 30.3 Å². The van der Waals surface area contributed by atoms with E-state index in [2.05, 4.69) is 13.8 Å². The van der Waals surface area contributed by atoms with Crippen LogP contribution in [0.1, 0.15) is 20.3 Å². The molecule has 0 bridgehead atoms. The lowest BCUT2D eigenvalue weighted by Crippen LogP contribution is -2.14. The molecule has 0 N–H and O–H groups in total. The third kappa shape index (κ3) is 4.57. The Labute approximate surface area is 97.4 Å². The zero-order valence-electron chi connectivity index (χ0n) is 9.45. The second-order valence-corrected chi connectivity index (χ2v) is 4.42. The minimum atomic E-state index is 0.551. The van der Waals surface area contributed by atoms with Crippen molar-refractivity contribution in [3.05, 3.63) is 30.3 Å². The second-order valence-electron chi connectivity index (χ2n) is 4.11. The van der Waals surface area contributed by atoms with E-state index < -0.39 is 0 Å². The SMILES string of the molecule is CC(C)C(CCl)CCOc1ccccc1. The van der Waals surface area contributed by atoms with Crippen molar-refractivity contribution in [1.29, 1.82) is 0 Å². The van der Waals surface area contributed by atoms with E-state index in [1.165, 1.54) is 0 Å². The minimum absolute atomic E-state index is 0.551. The smallest absolute Gasteiger partial charge is 0.119 e. The lowest BCUT2D eigenvalue weighted by molar-refractivity contribution is 0.261. The van der Waals surface area contributed by atoms with Gasteiger partial charge in [0.15, 0.2) is 0 Å². The molecular formula is C13H19ClO. The first-order valence-electron chi connectivity index (χ1n) is 5.48. The van der Waals surface area contributed by atoms with Gasteiger partial charge < -0.3 is 4.74 Å². The second kappa shape index (κ2) is 6.73. The number of benzene rings is 1. The van der Waals surface area contributed by atoms with Crippen LogP contribution >= 0.6 is 11.6 Å². The molecule has 0 amide bonds. The van der Waals surface area contributed by atoms with E-state index in [0.29, 0.717) is 11.8 Å². The highest BCUT2D eigenvalue weighted by atomic mass is 35.5. The maximum absolute atomic E-state index is 5.89. The van der Waals surface area contributed by atoms with Crippen molar-refractivity contribution in [2.45, 2.75) is 20.3 Å². The zero-order valence-corrected chi connectivity index (χ0v) is 10.2. The van der Waals surface area contributed by atoms with Crippen LogP contribution in [0.3, 0.4) is 0 Å². The fourth-order valence-corrected chi connectivity index (χ4v) is 1.94. The highest BCUT2D eigenvalue weighted by Crippen LogP contribution is 2.17. The summed E-state index contributed by atoms with van der Waals surface area (Å²) in [6, 6.07) is 9.91. The Morgan fingerprint density at radius 3 is 2.40 bits per heavy atom. The Hall–Kier alpha value is -0.690. The van der Waals surface area contributed by atoms with Crippen LogP contribution in [-0.4, -0.2) is 12.5 Å². The van der Waals surface area contributed by atoms with Crippen molar-refractivity contribution < 1.29 is 4.74 Å². The van der Waals surface area contributed by atoms with Gasteiger partial charge in [0, 0.05) is 5.88 Å². The van der Waals surface area contributed by atoms with Crippen molar-refractivity contribution in [1.82, 2.24) is 0 Å². The molecule has 1 rings (SSSR count). The van der Waals surface area contributed by atoms with Crippen LogP contribution in [0.25, 0.3) is 0 Å². The Kier molecular flexibility index (Phi) is 5.56. The molecule has 0 heterocycles. The summed E-state index contributed by atoms with van der Waals surface area (Å²) in [5.74, 6) is 2.84. The van der Waals surface area contributed by atoms with Gasteiger partial charge >= 0.3 is 0 Å². The average Bonchev–Trinajstić information content (AvgIpc) is 2.25. The third-order valence-electron chi connectivity index (χ3n) is 2.64. The van der Waals surface area contributed by atoms with Crippen molar-refractivity contribution in [3.8, 4) is 5.75 Å². The highest BCUT2D eigenvalue weighted by Gasteiger charge is 2.11. The fraction of sp³-hybridized carbons (Fsp3) is 0.538. The summed E-state index contributed by atoms with van der Waals surface area (Å²) < 4.78 is 5.63. The molecule has 1 aromatic carbocycles. The molecule has 0 spiro atoms. The molecule has 1 unspecified atom stereocenters. The summed E-state index contributed by atoms with van der Waals surface area (Å²) in [5, 5.41) is 0. The lowest BCUT2D eigenvalue weighted by atomic mass is 9.95. The van der Waals surface area contributed by atoms with Crippen LogP contribution in [0.15, 0.2) is 30.3 Å². The van der Waals surface area contributed by atoms with Crippen LogP contribution in [0, 0.1) is 11.8 Å². The normalized spacial score (nSPS) is 12.8. The Bertz CT molecular complexity index is 258. The molecule has 1 aromatic rings. The van der Waals surface area contributed by atoms with Crippen LogP contribution in [-0.2, 0) is 0 Å². The van der Waals surface area contributed by atoms with Crippen molar-refractivity contribution in [2.75, 3.05) is 12.5 Å². The average molecular weight is 227 g/mol. The molecular weight excluding hydrogens is 208 g/mol. The van der Waals surface area contributed by atoms with Gasteiger partial charge in [-0.2, -0.15) is 0 Å². The van der Waals surface area contributed by atoms with E-state index in [9.17, 15) is 0 Å². The fourth-order valence-electron chi connectivity index (χ4n) is 1.43. The molecule has 2 heteroatoms. The first-order chi connectivity index (χ1) is 7.24. The number of rotatable bonds is 6. The number of ether oxygens (including phenoxy) is 1. The van der Waals surface area contributed by atoms with Gasteiger partial charge in [0.1, 0.15) is 5.75 Å². The van der Waals surface area contributed by atoms with Gasteiger partial charge in [-0.25, -0.2) is 0 Å². The monoisotopic (exact) mass is 226 g/mol. The van der Waals surface area contributed by atoms with Crippen molar-refractivity contribution >= 4 is 11.6 Å². The van der Waals surface area contributed by atoms with Crippen LogP contribution in [0.4, 0.5) is 0 Å². The molecule has 0 aliphatic heterocycles. The van der Waals surface area contributed by atoms with Gasteiger partial charge in [-0.3, -0.25) is 0 Å². The predicted octanol–water partition coefficient (Wildman–Crippen LogP) is 3.97. The summed E-state index contributed by atoms with van der Waals surface area (Å²) in [6.45, 7) is 5.16. The molecule has 84 valence electrons. The predicted molar refractivity (Wildman–Crippen MR) is 65.6 cm³/mol. The van der Waals surface area contributed by atoms with E-state index in [-0.39, 0.29) is 0 Å². The number of hydrogen-bond acceptors (Lipinski definition) is 1. The largest absolute Gasteiger partial charge is 0.494 e. The molecule has 15 heavy (non-hydrogen) atoms. The summed E-state index contributed by atoms with van der Waals surface area (Å²) in [4.78, 5) is 0. The number of para-hydroxylation sites is 1. The van der Waals surface area contributed by atoms with E-state index >= 15 is 0 Å². The van der Waals surface area contributed by atoms with Crippen LogP contribution < -0.4 is 4.74 Å². The third-order valence-corrected chi connectivity index (χ3v) is 3.04. The summed E-state index contributed by atoms with van der Waals surface area (Å²) in [7, 11) is 0. The quantitative estimate of drug-likeness (QED) is 0.667. The van der Waals surface area contributed by atoms with Crippen molar-refractivity contribution in [3.63, 3.8) is 0 Å². The van der Waals surface area contributed by atoms with Crippen molar-refractivity contribution in [2.24, 2.45) is 11.8 Å². The molecule has 1 nitrogen and oxygen atoms in total. The van der Waals surface area contributed by atoms with Crippen LogP contribution in [0.2, 0.25) is 0 Å². The number of alkyl halides is 1. The Morgan fingerprint density at radius 1 is 1.20 bits per heavy atom. The van der Waals surface area contributed by atoms with Gasteiger partial charge in [0.05, 0.1) is 6.61 Å². The van der Waals surface area contributed by atoms with E-state index in [4.69, 9.17) is 16.3 Å². The van der Waals surface area contributed by atoms with E-state index in [0.717, 1.165) is 24.7 Å². The molecule has 0 aliphatic carbocycles. The zero-order chi connectivity index (χ0) is 11.1. The first-order valence-corrected chi connectivity index (χ1v) is 6.01. The van der Waals surface area contributed by atoms with Gasteiger partial charge in [0.2, 0.25) is 0 Å². The minimum Gasteiger partial charge on any atom is -0.494 e. The Balaban J connectivity index is 2.27. The number of halogens is 1.